The number of likely N-dealkylation sites (tertiary alicyclic amines) is 1. The van der Waals surface area contributed by atoms with Crippen LogP contribution >= 0.6 is 11.8 Å². The van der Waals surface area contributed by atoms with Crippen LogP contribution in [0.15, 0.2) is 0 Å². The fourth-order valence-electron chi connectivity index (χ4n) is 2.03. The number of piperidine rings is 1. The van der Waals surface area contributed by atoms with Gasteiger partial charge in [0.05, 0.1) is 12.5 Å². The predicted octanol–water partition coefficient (Wildman–Crippen LogP) is 1.04. The first-order chi connectivity index (χ1) is 8.85. The van der Waals surface area contributed by atoms with Gasteiger partial charge in [-0.2, -0.15) is 11.8 Å². The van der Waals surface area contributed by atoms with Gasteiger partial charge in [0.2, 0.25) is 5.91 Å². The van der Waals surface area contributed by atoms with Gasteiger partial charge in [-0.1, -0.05) is 0 Å². The van der Waals surface area contributed by atoms with E-state index in [2.05, 4.69) is 25.4 Å². The van der Waals surface area contributed by atoms with Gasteiger partial charge >= 0.3 is 5.97 Å². The Bertz CT molecular complexity index is 326. The number of carbonyl (C=O) groups is 2. The lowest BCUT2D eigenvalue weighted by Gasteiger charge is -2.30. The molecular formula is C13H24N2O3S. The van der Waals surface area contributed by atoms with Crippen LogP contribution in [0.2, 0.25) is 0 Å². The Labute approximate surface area is 119 Å². The zero-order valence-electron chi connectivity index (χ0n) is 11.9. The summed E-state index contributed by atoms with van der Waals surface area (Å²) in [4.78, 5) is 24.5. The molecule has 1 amide bonds. The third-order valence-corrected chi connectivity index (χ3v) is 4.83. The van der Waals surface area contributed by atoms with Gasteiger partial charge < -0.3 is 15.3 Å². The van der Waals surface area contributed by atoms with Crippen molar-refractivity contribution >= 4 is 23.6 Å². The molecule has 1 heterocycles. The fraction of sp³-hybridized carbons (Fsp3) is 0.846. The molecule has 110 valence electrons. The number of carbonyl (C=O) groups excluding carboxylic acids is 1. The molecule has 0 bridgehead atoms. The van der Waals surface area contributed by atoms with Crippen molar-refractivity contribution in [1.29, 1.82) is 0 Å². The first-order valence-corrected chi connectivity index (χ1v) is 7.84. The van der Waals surface area contributed by atoms with Gasteiger partial charge in [-0.05, 0) is 32.9 Å². The minimum Gasteiger partial charge on any atom is -0.481 e. The minimum absolute atomic E-state index is 0.0701. The van der Waals surface area contributed by atoms with Gasteiger partial charge in [-0.15, -0.1) is 0 Å². The van der Waals surface area contributed by atoms with Gasteiger partial charge in [0.1, 0.15) is 0 Å². The summed E-state index contributed by atoms with van der Waals surface area (Å²) in [6.07, 6.45) is 3.19. The molecule has 0 unspecified atom stereocenters. The van der Waals surface area contributed by atoms with Crippen molar-refractivity contribution in [3.8, 4) is 0 Å². The van der Waals surface area contributed by atoms with Gasteiger partial charge in [-0.25, -0.2) is 0 Å². The topological polar surface area (TPSA) is 69.6 Å². The van der Waals surface area contributed by atoms with Crippen LogP contribution in [0.1, 0.15) is 26.7 Å². The van der Waals surface area contributed by atoms with E-state index in [4.69, 9.17) is 5.11 Å². The zero-order chi connectivity index (χ0) is 14.5. The Morgan fingerprint density at radius 2 is 1.95 bits per heavy atom. The van der Waals surface area contributed by atoms with Crippen molar-refractivity contribution in [2.45, 2.75) is 31.4 Å². The number of nitrogens with zero attached hydrogens (tertiary/aromatic N) is 1. The zero-order valence-corrected chi connectivity index (χ0v) is 12.8. The Morgan fingerprint density at radius 3 is 2.42 bits per heavy atom. The maximum atomic E-state index is 12.0. The quantitative estimate of drug-likeness (QED) is 0.764. The second-order valence-electron chi connectivity index (χ2n) is 5.56. The maximum absolute atomic E-state index is 12.0. The number of carboxylic acids is 1. The first-order valence-electron chi connectivity index (χ1n) is 6.62. The van der Waals surface area contributed by atoms with Crippen LogP contribution in [0.3, 0.4) is 0 Å². The maximum Gasteiger partial charge on any atom is 0.306 e. The molecule has 2 N–H and O–H groups in total. The van der Waals surface area contributed by atoms with E-state index < -0.39 is 5.97 Å². The highest BCUT2D eigenvalue weighted by atomic mass is 32.2. The Hall–Kier alpha value is -0.750. The van der Waals surface area contributed by atoms with Crippen molar-refractivity contribution in [3.63, 3.8) is 0 Å². The van der Waals surface area contributed by atoms with Gasteiger partial charge in [0.15, 0.2) is 0 Å². The van der Waals surface area contributed by atoms with E-state index in [0.717, 1.165) is 6.54 Å². The highest BCUT2D eigenvalue weighted by molar-refractivity contribution is 7.99. The molecule has 1 rings (SSSR count). The molecule has 0 aromatic heterocycles. The molecule has 1 saturated heterocycles. The average Bonchev–Trinajstić information content (AvgIpc) is 2.38. The Morgan fingerprint density at radius 1 is 1.37 bits per heavy atom. The standard InChI is InChI=1S/C13H24N2O3S/c1-13(2,19-3)9-14-8-11(16)15-6-4-10(5-7-15)12(17)18/h10,14H,4-9H2,1-3H3,(H,17,18). The Balaban J connectivity index is 2.26. The molecule has 0 atom stereocenters. The molecule has 0 aromatic rings. The van der Waals surface area contributed by atoms with Crippen LogP contribution in [-0.2, 0) is 9.59 Å². The van der Waals surface area contributed by atoms with E-state index in [1.165, 1.54) is 0 Å². The van der Waals surface area contributed by atoms with Crippen molar-refractivity contribution < 1.29 is 14.7 Å². The number of amides is 1. The van der Waals surface area contributed by atoms with Crippen molar-refractivity contribution in [2.24, 2.45) is 5.92 Å². The number of thioether (sulfide) groups is 1. The number of nitrogens with one attached hydrogen (secondary N) is 1. The lowest BCUT2D eigenvalue weighted by Crippen LogP contribution is -2.45. The first kappa shape index (κ1) is 16.3. The summed E-state index contributed by atoms with van der Waals surface area (Å²) in [5.41, 5.74) is 0. The molecule has 0 radical (unpaired) electrons. The van der Waals surface area contributed by atoms with E-state index in [0.29, 0.717) is 32.5 Å². The number of carboxylic acid groups (broad SMARTS) is 1. The molecule has 1 aliphatic heterocycles. The lowest BCUT2D eigenvalue weighted by atomic mass is 9.97. The van der Waals surface area contributed by atoms with Crippen molar-refractivity contribution in [2.75, 3.05) is 32.4 Å². The molecule has 0 aromatic carbocycles. The third kappa shape index (κ3) is 5.40. The van der Waals surface area contributed by atoms with Crippen LogP contribution in [0.4, 0.5) is 0 Å². The molecule has 0 spiro atoms. The SMILES string of the molecule is CSC(C)(C)CNCC(=O)N1CCC(C(=O)O)CC1. The van der Waals surface area contributed by atoms with E-state index in [1.807, 2.05) is 0 Å². The van der Waals surface area contributed by atoms with Crippen LogP contribution in [0.5, 0.6) is 0 Å². The van der Waals surface area contributed by atoms with Gasteiger partial charge in [0.25, 0.3) is 0 Å². The van der Waals surface area contributed by atoms with Crippen LogP contribution in [0, 0.1) is 5.92 Å². The van der Waals surface area contributed by atoms with Gasteiger partial charge in [0, 0.05) is 24.4 Å². The average molecular weight is 288 g/mol. The summed E-state index contributed by atoms with van der Waals surface area (Å²) >= 11 is 1.77. The van der Waals surface area contributed by atoms with Crippen LogP contribution in [0.25, 0.3) is 0 Å². The predicted molar refractivity (Wildman–Crippen MR) is 77.4 cm³/mol. The van der Waals surface area contributed by atoms with E-state index in [-0.39, 0.29) is 16.6 Å². The summed E-state index contributed by atoms with van der Waals surface area (Å²) in [7, 11) is 0. The van der Waals surface area contributed by atoms with E-state index >= 15 is 0 Å². The normalized spacial score (nSPS) is 17.5. The largest absolute Gasteiger partial charge is 0.481 e. The molecule has 1 aliphatic rings. The van der Waals surface area contributed by atoms with Gasteiger partial charge in [-0.3, -0.25) is 9.59 Å². The molecule has 6 heteroatoms. The van der Waals surface area contributed by atoms with E-state index in [9.17, 15) is 9.59 Å². The molecule has 5 nitrogen and oxygen atoms in total. The third-order valence-electron chi connectivity index (χ3n) is 3.58. The summed E-state index contributed by atoms with van der Waals surface area (Å²) in [6.45, 7) is 6.50. The number of rotatable bonds is 6. The van der Waals surface area contributed by atoms with Crippen molar-refractivity contribution in [3.05, 3.63) is 0 Å². The summed E-state index contributed by atoms with van der Waals surface area (Å²) < 4.78 is 0.122. The molecule has 0 aliphatic carbocycles. The number of hydrogen-bond donors (Lipinski definition) is 2. The summed E-state index contributed by atoms with van der Waals surface area (Å²) in [6, 6.07) is 0. The monoisotopic (exact) mass is 288 g/mol. The second-order valence-corrected chi connectivity index (χ2v) is 7.07. The smallest absolute Gasteiger partial charge is 0.306 e. The molecule has 0 saturated carbocycles. The molecule has 1 fully saturated rings. The minimum atomic E-state index is -0.744. The summed E-state index contributed by atoms with van der Waals surface area (Å²) in [5, 5.41) is 12.1. The lowest BCUT2D eigenvalue weighted by molar-refractivity contribution is -0.145. The highest BCUT2D eigenvalue weighted by Gasteiger charge is 2.26. The van der Waals surface area contributed by atoms with Crippen LogP contribution < -0.4 is 5.32 Å². The van der Waals surface area contributed by atoms with E-state index in [1.54, 1.807) is 16.7 Å². The second kappa shape index (κ2) is 7.14. The molecular weight excluding hydrogens is 264 g/mol. The highest BCUT2D eigenvalue weighted by Crippen LogP contribution is 2.20. The molecule has 19 heavy (non-hydrogen) atoms. The van der Waals surface area contributed by atoms with Crippen molar-refractivity contribution in [1.82, 2.24) is 10.2 Å². The number of aliphatic carboxylic acids is 1. The number of hydrogen-bond acceptors (Lipinski definition) is 4. The summed E-state index contributed by atoms with van der Waals surface area (Å²) in [5.74, 6) is -0.958. The Kier molecular flexibility index (Phi) is 6.13. The fourth-order valence-corrected chi connectivity index (χ4v) is 2.28. The van der Waals surface area contributed by atoms with Crippen LogP contribution in [-0.4, -0.2) is 59.1 Å².